The number of Topliss-reactive ketones (excluding diaryl/α,β-unsaturated/α-hetero) is 6. The number of hydrogen-bond donors (Lipinski definition) is 0. The predicted octanol–water partition coefficient (Wildman–Crippen LogP) is 7.26. The molecule has 0 saturated carbocycles. The predicted molar refractivity (Wildman–Crippen MR) is 160 cm³/mol. The average Bonchev–Trinajstić information content (AvgIpc) is 2.64. The van der Waals surface area contributed by atoms with Gasteiger partial charge in [-0.25, -0.2) is 0 Å². The summed E-state index contributed by atoms with van der Waals surface area (Å²) >= 11 is 0. The van der Waals surface area contributed by atoms with Crippen LogP contribution in [-0.2, 0) is 28.8 Å². The fraction of sp³-hybridized carbons (Fsp3) is 0.727. The van der Waals surface area contributed by atoms with Crippen molar-refractivity contribution in [3.05, 3.63) is 19.3 Å². The van der Waals surface area contributed by atoms with E-state index in [-0.39, 0.29) is 71.6 Å². The van der Waals surface area contributed by atoms with E-state index in [1.807, 2.05) is 125 Å². The summed E-state index contributed by atoms with van der Waals surface area (Å²) in [6, 6.07) is 0. The van der Waals surface area contributed by atoms with Crippen molar-refractivity contribution >= 4 is 34.7 Å². The minimum absolute atomic E-state index is 0. The summed E-state index contributed by atoms with van der Waals surface area (Å²) in [6.45, 7) is 32.5. The molecule has 6 nitrogen and oxygen atoms in total. The van der Waals surface area contributed by atoms with Gasteiger partial charge in [0.1, 0.15) is 0 Å². The molecule has 0 N–H and O–H groups in total. The van der Waals surface area contributed by atoms with Gasteiger partial charge in [-0.3, -0.25) is 19.3 Å². The fourth-order valence-electron chi connectivity index (χ4n) is 1.66. The maximum absolute atomic E-state index is 11.4. The molecule has 0 aliphatic heterocycles. The van der Waals surface area contributed by atoms with Crippen LogP contribution in [0.25, 0.3) is 0 Å². The zero-order valence-electron chi connectivity index (χ0n) is 28.5. The molecule has 0 heterocycles. The topological polar surface area (TPSA) is 102 Å². The minimum Gasteiger partial charge on any atom is -0.333 e. The van der Waals surface area contributed by atoms with E-state index in [2.05, 4.69) is 0 Å². The van der Waals surface area contributed by atoms with Crippen LogP contribution < -0.4 is 0 Å². The molecule has 0 radical (unpaired) electrons. The number of hydrogen-bond acceptors (Lipinski definition) is 6. The van der Waals surface area contributed by atoms with Gasteiger partial charge in [0.2, 0.25) is 0 Å². The summed E-state index contributed by atoms with van der Waals surface area (Å²) in [6.07, 6.45) is 3.67. The molecule has 0 saturated heterocycles. The Morgan fingerprint density at radius 1 is 0.275 bits per heavy atom. The Bertz CT molecular complexity index is 693. The fourth-order valence-corrected chi connectivity index (χ4v) is 1.66. The van der Waals surface area contributed by atoms with Crippen LogP contribution in [0.15, 0.2) is 0 Å². The van der Waals surface area contributed by atoms with Crippen LogP contribution in [0.4, 0.5) is 0 Å². The normalized spacial score (nSPS) is 12.2. The van der Waals surface area contributed by atoms with Gasteiger partial charge in [0.25, 0.3) is 0 Å². The Hall–Kier alpha value is -1.14. The van der Waals surface area contributed by atoms with Crippen LogP contribution in [0, 0.1) is 88.6 Å². The zero-order chi connectivity index (χ0) is 32.6. The van der Waals surface area contributed by atoms with Gasteiger partial charge in [-0.1, -0.05) is 125 Å². The van der Waals surface area contributed by atoms with E-state index in [0.29, 0.717) is 0 Å². The van der Waals surface area contributed by atoms with Gasteiger partial charge in [-0.2, -0.15) is 0 Å². The van der Waals surface area contributed by atoms with Crippen LogP contribution >= 0.6 is 0 Å². The van der Waals surface area contributed by atoms with Crippen LogP contribution in [0.1, 0.15) is 125 Å². The number of carbonyl (C=O) groups excluding carboxylic acids is 6. The molecule has 0 fully saturated rings. The van der Waals surface area contributed by atoms with Crippen molar-refractivity contribution < 1.29 is 65.6 Å². The Morgan fingerprint density at radius 3 is 0.400 bits per heavy atom. The van der Waals surface area contributed by atoms with Crippen LogP contribution in [-0.4, -0.2) is 34.7 Å². The smallest absolute Gasteiger partial charge is 0.333 e. The van der Waals surface area contributed by atoms with Crippen LogP contribution in [0.3, 0.4) is 0 Å². The molecule has 0 amide bonds. The standard InChI is InChI=1S/3C11H19O2.Tm/c3*1-10(2,3)8(12)7-9(13)11(4,5)6;/h3*7H,1-6H3;/q3*-1;+3. The van der Waals surface area contributed by atoms with E-state index in [1.54, 1.807) is 0 Å². The first kappa shape index (κ1) is 45.8. The third-order valence-electron chi connectivity index (χ3n) is 5.22. The molecular weight excluding hydrogens is 661 g/mol. The molecule has 0 bridgehead atoms. The quantitative estimate of drug-likeness (QED) is 0.212. The molecule has 0 aromatic carbocycles. The molecule has 7 heteroatoms. The minimum atomic E-state index is -0.457. The van der Waals surface area contributed by atoms with Gasteiger partial charge in [0, 0.05) is 34.7 Å². The van der Waals surface area contributed by atoms with Gasteiger partial charge in [0.15, 0.2) is 0 Å². The SMILES string of the molecule is CC(C)(C)C(=O)[CH-]C(=O)C(C)(C)C.CC(C)(C)C(=O)[CH-]C(=O)C(C)(C)C.CC(C)(C)C(=O)[CH-]C(=O)C(C)(C)C.[Tm+3]. The second-order valence-corrected chi connectivity index (χ2v) is 16.1. The Kier molecular flexibility index (Phi) is 18.9. The van der Waals surface area contributed by atoms with Crippen molar-refractivity contribution in [1.29, 1.82) is 0 Å². The van der Waals surface area contributed by atoms with Gasteiger partial charge in [0.05, 0.1) is 0 Å². The Balaban J connectivity index is -0.000000240. The first-order chi connectivity index (χ1) is 16.6. The van der Waals surface area contributed by atoms with Crippen molar-refractivity contribution in [3.63, 3.8) is 0 Å². The summed E-state index contributed by atoms with van der Waals surface area (Å²) in [4.78, 5) is 68.7. The van der Waals surface area contributed by atoms with E-state index in [9.17, 15) is 28.8 Å². The van der Waals surface area contributed by atoms with Crippen molar-refractivity contribution in [2.24, 2.45) is 32.5 Å². The monoisotopic (exact) mass is 718 g/mol. The summed E-state index contributed by atoms with van der Waals surface area (Å²) in [5.41, 5.74) is -2.74. The molecule has 238 valence electrons. The molecule has 0 rings (SSSR count). The van der Waals surface area contributed by atoms with E-state index in [1.165, 1.54) is 19.3 Å². The molecule has 0 aromatic heterocycles. The molecule has 0 atom stereocenters. The summed E-state index contributed by atoms with van der Waals surface area (Å²) in [5, 5.41) is 0. The molecule has 0 aliphatic rings. The number of ketones is 6. The average molecular weight is 719 g/mol. The van der Waals surface area contributed by atoms with Gasteiger partial charge >= 0.3 is 36.9 Å². The second-order valence-electron chi connectivity index (χ2n) is 16.1. The van der Waals surface area contributed by atoms with E-state index in [0.717, 1.165) is 0 Å². The molecular formula is C33H57O6Tm. The number of rotatable bonds is 6. The van der Waals surface area contributed by atoms with Gasteiger partial charge in [-0.05, 0) is 32.5 Å². The maximum Gasteiger partial charge on any atom is 3.00 e. The first-order valence-electron chi connectivity index (χ1n) is 13.5. The van der Waals surface area contributed by atoms with Crippen molar-refractivity contribution in [3.8, 4) is 0 Å². The number of carbonyl (C=O) groups is 6. The first-order valence-corrected chi connectivity index (χ1v) is 13.5. The molecule has 0 aliphatic carbocycles. The third kappa shape index (κ3) is 21.6. The van der Waals surface area contributed by atoms with Crippen molar-refractivity contribution in [2.45, 2.75) is 125 Å². The van der Waals surface area contributed by atoms with Crippen LogP contribution in [0.5, 0.6) is 0 Å². The van der Waals surface area contributed by atoms with Crippen molar-refractivity contribution in [2.75, 3.05) is 0 Å². The summed E-state index contributed by atoms with van der Waals surface area (Å²) < 4.78 is 0. The molecule has 0 aromatic rings. The van der Waals surface area contributed by atoms with E-state index >= 15 is 0 Å². The molecule has 40 heavy (non-hydrogen) atoms. The van der Waals surface area contributed by atoms with Gasteiger partial charge < -0.3 is 28.8 Å². The van der Waals surface area contributed by atoms with Crippen LogP contribution in [0.2, 0.25) is 0 Å². The summed E-state index contributed by atoms with van der Waals surface area (Å²) in [5.74, 6) is -0.625. The van der Waals surface area contributed by atoms with Crippen molar-refractivity contribution in [1.82, 2.24) is 0 Å². The molecule has 0 unspecified atom stereocenters. The summed E-state index contributed by atoms with van der Waals surface area (Å²) in [7, 11) is 0. The second kappa shape index (κ2) is 16.5. The largest absolute Gasteiger partial charge is 3.00 e. The Labute approximate surface area is 275 Å². The zero-order valence-corrected chi connectivity index (χ0v) is 30.2. The third-order valence-corrected chi connectivity index (χ3v) is 5.22. The maximum atomic E-state index is 11.4. The Morgan fingerprint density at radius 2 is 0.350 bits per heavy atom. The van der Waals surface area contributed by atoms with Gasteiger partial charge in [-0.15, -0.1) is 0 Å². The van der Waals surface area contributed by atoms with E-state index in [4.69, 9.17) is 0 Å². The molecule has 0 spiro atoms. The van der Waals surface area contributed by atoms with E-state index < -0.39 is 32.5 Å².